The van der Waals surface area contributed by atoms with Crippen molar-refractivity contribution in [2.24, 2.45) is 0 Å². The second kappa shape index (κ2) is 7.62. The number of hydrogen-bond donors (Lipinski definition) is 5. The van der Waals surface area contributed by atoms with Crippen molar-refractivity contribution in [3.63, 3.8) is 0 Å². The van der Waals surface area contributed by atoms with Crippen LogP contribution in [0.1, 0.15) is 6.92 Å². The maximum absolute atomic E-state index is 13.1. The predicted octanol–water partition coefficient (Wildman–Crippen LogP) is 1.08. The Morgan fingerprint density at radius 2 is 1.57 bits per heavy atom. The highest BCUT2D eigenvalue weighted by molar-refractivity contribution is 5.83. The minimum absolute atomic E-state index is 0.000954. The maximum Gasteiger partial charge on any atom is 0.235 e. The van der Waals surface area contributed by atoms with Gasteiger partial charge in [-0.2, -0.15) is 0 Å². The zero-order valence-electron chi connectivity index (χ0n) is 15.8. The first-order valence-electron chi connectivity index (χ1n) is 9.22. The Bertz CT molecular complexity index is 1120. The number of aromatic hydroxyl groups is 2. The number of aliphatic hydroxyl groups excluding tert-OH is 3. The Balaban J connectivity index is 1.86. The van der Waals surface area contributed by atoms with E-state index in [1.54, 1.807) is 0 Å². The summed E-state index contributed by atoms with van der Waals surface area (Å²) in [5.74, 6) is -0.423. The summed E-state index contributed by atoms with van der Waals surface area (Å²) in [5.41, 5.74) is -0.114. The zero-order valence-corrected chi connectivity index (χ0v) is 15.8. The molecule has 2 heterocycles. The highest BCUT2D eigenvalue weighted by atomic mass is 16.7. The third-order valence-electron chi connectivity index (χ3n) is 5.01. The third kappa shape index (κ3) is 3.48. The van der Waals surface area contributed by atoms with Crippen LogP contribution in [-0.2, 0) is 4.74 Å². The van der Waals surface area contributed by atoms with Gasteiger partial charge in [0.05, 0.1) is 11.5 Å². The van der Waals surface area contributed by atoms with Crippen LogP contribution in [0.3, 0.4) is 0 Å². The quantitative estimate of drug-likeness (QED) is 0.423. The SMILES string of the molecule is C[C@@H]1O[C@@H](Oc2c(-c3ccc(O)cc3)oc3cc(O)ccc3c2=O)[C@H](O)[C@H](O)[C@H]1O. The van der Waals surface area contributed by atoms with Gasteiger partial charge in [-0.3, -0.25) is 4.79 Å². The average Bonchev–Trinajstić information content (AvgIpc) is 2.72. The standard InChI is InChI=1S/C21H20O9/c1-9-15(24)17(26)18(27)21(28-9)30-20-16(25)13-7-6-12(23)8-14(13)29-19(20)10-2-4-11(22)5-3-10/h2-9,15,17-18,21-24,26-27H,1H3/t9-,15-,17+,18+,21-/m0/s1. The van der Waals surface area contributed by atoms with Crippen molar-refractivity contribution in [2.45, 2.75) is 37.6 Å². The lowest BCUT2D eigenvalue weighted by molar-refractivity contribution is -0.268. The molecule has 1 aliphatic rings. The summed E-state index contributed by atoms with van der Waals surface area (Å²) < 4.78 is 16.9. The van der Waals surface area contributed by atoms with E-state index >= 15 is 0 Å². The van der Waals surface area contributed by atoms with Crippen LogP contribution in [-0.4, -0.2) is 56.2 Å². The first kappa shape index (κ1) is 20.2. The predicted molar refractivity (Wildman–Crippen MR) is 104 cm³/mol. The van der Waals surface area contributed by atoms with Gasteiger partial charge in [0.15, 0.2) is 5.76 Å². The fourth-order valence-corrected chi connectivity index (χ4v) is 3.30. The molecule has 5 N–H and O–H groups in total. The van der Waals surface area contributed by atoms with E-state index in [0.29, 0.717) is 5.56 Å². The molecule has 0 aliphatic carbocycles. The van der Waals surface area contributed by atoms with Gasteiger partial charge in [-0.05, 0) is 43.3 Å². The van der Waals surface area contributed by atoms with E-state index in [1.165, 1.54) is 49.4 Å². The first-order valence-corrected chi connectivity index (χ1v) is 9.22. The monoisotopic (exact) mass is 416 g/mol. The van der Waals surface area contributed by atoms with Crippen molar-refractivity contribution >= 4 is 11.0 Å². The van der Waals surface area contributed by atoms with Crippen LogP contribution in [0.25, 0.3) is 22.3 Å². The number of hydrogen-bond acceptors (Lipinski definition) is 9. The van der Waals surface area contributed by atoms with Gasteiger partial charge in [0.25, 0.3) is 0 Å². The molecular weight excluding hydrogens is 396 g/mol. The zero-order chi connectivity index (χ0) is 21.6. The lowest BCUT2D eigenvalue weighted by Gasteiger charge is -2.38. The Morgan fingerprint density at radius 3 is 2.27 bits per heavy atom. The molecule has 3 aromatic rings. The molecule has 0 radical (unpaired) electrons. The van der Waals surface area contributed by atoms with Gasteiger partial charge in [-0.25, -0.2) is 0 Å². The van der Waals surface area contributed by atoms with Gasteiger partial charge < -0.3 is 39.4 Å². The number of ether oxygens (including phenoxy) is 2. The highest BCUT2D eigenvalue weighted by Gasteiger charge is 2.43. The van der Waals surface area contributed by atoms with E-state index in [2.05, 4.69) is 0 Å². The molecule has 1 saturated heterocycles. The maximum atomic E-state index is 13.1. The average molecular weight is 416 g/mol. The van der Waals surface area contributed by atoms with Crippen LogP contribution >= 0.6 is 0 Å². The molecule has 0 bridgehead atoms. The van der Waals surface area contributed by atoms with Crippen LogP contribution in [0.2, 0.25) is 0 Å². The topological polar surface area (TPSA) is 150 Å². The van der Waals surface area contributed by atoms with Gasteiger partial charge >= 0.3 is 0 Å². The Kier molecular flexibility index (Phi) is 5.12. The highest BCUT2D eigenvalue weighted by Crippen LogP contribution is 2.34. The third-order valence-corrected chi connectivity index (χ3v) is 5.01. The number of phenols is 2. The van der Waals surface area contributed by atoms with Gasteiger partial charge in [0, 0.05) is 11.6 Å². The van der Waals surface area contributed by atoms with Gasteiger partial charge in [-0.15, -0.1) is 0 Å². The lowest BCUT2D eigenvalue weighted by Crippen LogP contribution is -2.58. The minimum Gasteiger partial charge on any atom is -0.508 e. The largest absolute Gasteiger partial charge is 0.508 e. The molecule has 9 nitrogen and oxygen atoms in total. The minimum atomic E-state index is -1.63. The molecule has 0 spiro atoms. The molecule has 30 heavy (non-hydrogen) atoms. The molecular formula is C21H20O9. The summed E-state index contributed by atoms with van der Waals surface area (Å²) in [7, 11) is 0. The fraction of sp³-hybridized carbons (Fsp3) is 0.286. The summed E-state index contributed by atoms with van der Waals surface area (Å²) in [6.45, 7) is 1.49. The summed E-state index contributed by atoms with van der Waals surface area (Å²) in [5, 5.41) is 49.6. The van der Waals surface area contributed by atoms with Crippen LogP contribution in [0.4, 0.5) is 0 Å². The number of rotatable bonds is 3. The van der Waals surface area contributed by atoms with Crippen LogP contribution in [0, 0.1) is 0 Å². The molecule has 1 aromatic heterocycles. The van der Waals surface area contributed by atoms with Gasteiger partial charge in [0.1, 0.15) is 35.4 Å². The Labute approximate surface area is 170 Å². The van der Waals surface area contributed by atoms with Crippen molar-refractivity contribution in [1.82, 2.24) is 0 Å². The summed E-state index contributed by atoms with van der Waals surface area (Å²) in [4.78, 5) is 13.1. The number of fused-ring (bicyclic) bond motifs is 1. The van der Waals surface area contributed by atoms with Crippen molar-refractivity contribution in [3.05, 3.63) is 52.7 Å². The number of aliphatic hydroxyl groups is 3. The van der Waals surface area contributed by atoms with Gasteiger partial charge in [0.2, 0.25) is 17.5 Å². The number of phenolic OH excluding ortho intramolecular Hbond substituents is 2. The van der Waals surface area contributed by atoms with E-state index < -0.39 is 36.1 Å². The van der Waals surface area contributed by atoms with Crippen molar-refractivity contribution in [3.8, 4) is 28.6 Å². The van der Waals surface area contributed by atoms with Crippen LogP contribution in [0.5, 0.6) is 17.2 Å². The smallest absolute Gasteiger partial charge is 0.235 e. The van der Waals surface area contributed by atoms with E-state index in [4.69, 9.17) is 13.9 Å². The molecule has 2 aromatic carbocycles. The van der Waals surface area contributed by atoms with Crippen LogP contribution in [0.15, 0.2) is 51.7 Å². The lowest BCUT2D eigenvalue weighted by atomic mass is 10.00. The first-order chi connectivity index (χ1) is 14.3. The van der Waals surface area contributed by atoms with Crippen molar-refractivity contribution in [2.75, 3.05) is 0 Å². The molecule has 1 fully saturated rings. The van der Waals surface area contributed by atoms with Crippen molar-refractivity contribution < 1.29 is 39.4 Å². The Morgan fingerprint density at radius 1 is 0.900 bits per heavy atom. The Hall–Kier alpha value is -3.11. The molecule has 0 saturated carbocycles. The number of benzene rings is 2. The summed E-state index contributed by atoms with van der Waals surface area (Å²) >= 11 is 0. The molecule has 0 unspecified atom stereocenters. The van der Waals surface area contributed by atoms with E-state index in [0.717, 1.165) is 0 Å². The molecule has 158 valence electrons. The molecule has 9 heteroatoms. The van der Waals surface area contributed by atoms with E-state index in [9.17, 15) is 30.3 Å². The second-order valence-corrected chi connectivity index (χ2v) is 7.12. The summed E-state index contributed by atoms with van der Waals surface area (Å²) in [6, 6.07) is 9.72. The molecule has 5 atom stereocenters. The van der Waals surface area contributed by atoms with Gasteiger partial charge in [-0.1, -0.05) is 0 Å². The van der Waals surface area contributed by atoms with Crippen molar-refractivity contribution in [1.29, 1.82) is 0 Å². The molecule has 1 aliphatic heterocycles. The molecule has 0 amide bonds. The fourth-order valence-electron chi connectivity index (χ4n) is 3.30. The normalized spacial score (nSPS) is 26.6. The molecule has 4 rings (SSSR count). The summed E-state index contributed by atoms with van der Waals surface area (Å²) in [6.07, 6.45) is -6.81. The van der Waals surface area contributed by atoms with E-state index in [-0.39, 0.29) is 34.0 Å². The van der Waals surface area contributed by atoms with Crippen LogP contribution < -0.4 is 10.2 Å². The van der Waals surface area contributed by atoms with E-state index in [1.807, 2.05) is 0 Å². The second-order valence-electron chi connectivity index (χ2n) is 7.12.